The maximum absolute atomic E-state index is 12.4. The minimum Gasteiger partial charge on any atom is -0.512 e. The van der Waals surface area contributed by atoms with E-state index in [1.807, 2.05) is 0 Å². The molecule has 0 unspecified atom stereocenters. The van der Waals surface area contributed by atoms with Crippen molar-refractivity contribution < 1.29 is 18.3 Å². The lowest BCUT2D eigenvalue weighted by atomic mass is 9.88. The molecule has 2 rings (SSSR count). The van der Waals surface area contributed by atoms with Crippen LogP contribution in [0.1, 0.15) is 25.7 Å². The monoisotopic (exact) mass is 242 g/mol. The van der Waals surface area contributed by atoms with Crippen molar-refractivity contribution in [3.05, 3.63) is 46.8 Å². The molecule has 0 radical (unpaired) electrons. The topological polar surface area (TPSA) is 20.2 Å². The minimum atomic E-state index is -4.21. The lowest BCUT2D eigenvalue weighted by Crippen LogP contribution is -2.14. The zero-order valence-electron chi connectivity index (χ0n) is 9.22. The highest BCUT2D eigenvalue weighted by atomic mass is 19.4. The largest absolute Gasteiger partial charge is 0.512 e. The fraction of sp³-hybridized carbons (Fsp3) is 0.385. The summed E-state index contributed by atoms with van der Waals surface area (Å²) in [6.07, 6.45) is 3.64. The van der Waals surface area contributed by atoms with Crippen molar-refractivity contribution in [2.45, 2.75) is 31.9 Å². The molecule has 4 heteroatoms. The summed E-state index contributed by atoms with van der Waals surface area (Å²) >= 11 is 0. The first-order valence-electron chi connectivity index (χ1n) is 5.53. The highest BCUT2D eigenvalue weighted by Gasteiger charge is 2.33. The second kappa shape index (κ2) is 4.43. The van der Waals surface area contributed by atoms with Crippen LogP contribution in [-0.4, -0.2) is 11.3 Å². The molecule has 0 saturated carbocycles. The molecule has 0 spiro atoms. The Labute approximate surface area is 97.6 Å². The first kappa shape index (κ1) is 12.0. The standard InChI is InChI=1S/C13H13F3O/c14-13(15,16)11-5-1-9(2-6-11)10-3-7-12(17)8-4-10/h1,3,5,7,17H,2,4,6,8H2. The molecule has 1 N–H and O–H groups in total. The van der Waals surface area contributed by atoms with E-state index < -0.39 is 11.7 Å². The summed E-state index contributed by atoms with van der Waals surface area (Å²) in [4.78, 5) is 0. The van der Waals surface area contributed by atoms with Gasteiger partial charge in [-0.15, -0.1) is 0 Å². The molecule has 1 nitrogen and oxygen atoms in total. The van der Waals surface area contributed by atoms with Crippen molar-refractivity contribution in [2.75, 3.05) is 0 Å². The number of alkyl halides is 3. The second-order valence-electron chi connectivity index (χ2n) is 4.23. The Morgan fingerprint density at radius 2 is 1.41 bits per heavy atom. The predicted molar refractivity (Wildman–Crippen MR) is 59.5 cm³/mol. The van der Waals surface area contributed by atoms with Crippen molar-refractivity contribution in [1.29, 1.82) is 0 Å². The third kappa shape index (κ3) is 2.81. The molecule has 2 aliphatic rings. The summed E-state index contributed by atoms with van der Waals surface area (Å²) in [5.41, 5.74) is 1.51. The van der Waals surface area contributed by atoms with Crippen molar-refractivity contribution >= 4 is 0 Å². The van der Waals surface area contributed by atoms with E-state index in [1.165, 1.54) is 0 Å². The van der Waals surface area contributed by atoms with Gasteiger partial charge in [-0.25, -0.2) is 0 Å². The van der Waals surface area contributed by atoms with Crippen molar-refractivity contribution in [3.63, 3.8) is 0 Å². The summed E-state index contributed by atoms with van der Waals surface area (Å²) in [7, 11) is 0. The average Bonchev–Trinajstić information content (AvgIpc) is 2.29. The van der Waals surface area contributed by atoms with Gasteiger partial charge in [-0.1, -0.05) is 18.2 Å². The summed E-state index contributed by atoms with van der Waals surface area (Å²) in [6.45, 7) is 0. The maximum atomic E-state index is 12.4. The average molecular weight is 242 g/mol. The van der Waals surface area contributed by atoms with Gasteiger partial charge in [0.1, 0.15) is 0 Å². The molecule has 2 aliphatic carbocycles. The van der Waals surface area contributed by atoms with Gasteiger partial charge in [-0.3, -0.25) is 0 Å². The number of aliphatic hydroxyl groups excluding tert-OH is 1. The number of hydrogen-bond acceptors (Lipinski definition) is 1. The Bertz CT molecular complexity index is 436. The van der Waals surface area contributed by atoms with E-state index in [4.69, 9.17) is 0 Å². The number of hydrogen-bond donors (Lipinski definition) is 1. The molecular formula is C13H13F3O. The lowest BCUT2D eigenvalue weighted by Gasteiger charge is -2.20. The molecule has 0 aromatic rings. The third-order valence-corrected chi connectivity index (χ3v) is 3.05. The highest BCUT2D eigenvalue weighted by Crippen LogP contribution is 2.36. The first-order chi connectivity index (χ1) is 7.97. The zero-order valence-corrected chi connectivity index (χ0v) is 9.22. The Balaban J connectivity index is 2.16. The quantitative estimate of drug-likeness (QED) is 0.724. The highest BCUT2D eigenvalue weighted by molar-refractivity contribution is 5.42. The van der Waals surface area contributed by atoms with Crippen molar-refractivity contribution in [3.8, 4) is 0 Å². The van der Waals surface area contributed by atoms with E-state index in [-0.39, 0.29) is 6.42 Å². The summed E-state index contributed by atoms with van der Waals surface area (Å²) in [5.74, 6) is 0.330. The maximum Gasteiger partial charge on any atom is 0.412 e. The first-order valence-corrected chi connectivity index (χ1v) is 5.53. The van der Waals surface area contributed by atoms with Crippen LogP contribution < -0.4 is 0 Å². The Kier molecular flexibility index (Phi) is 3.13. The Hall–Kier alpha value is -1.45. The summed E-state index contributed by atoms with van der Waals surface area (Å²) in [5, 5.41) is 9.21. The zero-order chi connectivity index (χ0) is 12.5. The van der Waals surface area contributed by atoms with E-state index in [0.29, 0.717) is 25.0 Å². The van der Waals surface area contributed by atoms with Gasteiger partial charge in [-0.2, -0.15) is 13.2 Å². The Morgan fingerprint density at radius 3 is 1.82 bits per heavy atom. The number of allylic oxidation sites excluding steroid dienone is 8. The van der Waals surface area contributed by atoms with E-state index in [0.717, 1.165) is 17.2 Å². The fourth-order valence-corrected chi connectivity index (χ4v) is 2.03. The van der Waals surface area contributed by atoms with Crippen LogP contribution in [0.2, 0.25) is 0 Å². The van der Waals surface area contributed by atoms with Crippen LogP contribution in [0.4, 0.5) is 13.2 Å². The minimum absolute atomic E-state index is 0.0440. The van der Waals surface area contributed by atoms with Crippen LogP contribution in [0.15, 0.2) is 46.8 Å². The smallest absolute Gasteiger partial charge is 0.412 e. The van der Waals surface area contributed by atoms with Crippen LogP contribution in [0, 0.1) is 0 Å². The van der Waals surface area contributed by atoms with Gasteiger partial charge in [0.25, 0.3) is 0 Å². The van der Waals surface area contributed by atoms with Gasteiger partial charge < -0.3 is 5.11 Å². The molecule has 0 aromatic heterocycles. The number of rotatable bonds is 1. The molecule has 17 heavy (non-hydrogen) atoms. The van der Waals surface area contributed by atoms with Gasteiger partial charge in [0.15, 0.2) is 0 Å². The fourth-order valence-electron chi connectivity index (χ4n) is 2.03. The molecule has 0 amide bonds. The number of halogens is 3. The van der Waals surface area contributed by atoms with Crippen LogP contribution in [0.25, 0.3) is 0 Å². The van der Waals surface area contributed by atoms with E-state index in [9.17, 15) is 18.3 Å². The van der Waals surface area contributed by atoms with Gasteiger partial charge in [0.2, 0.25) is 0 Å². The predicted octanol–water partition coefficient (Wildman–Crippen LogP) is 4.36. The normalized spacial score (nSPS) is 21.4. The molecule has 0 fully saturated rings. The molecule has 0 bridgehead atoms. The van der Waals surface area contributed by atoms with Crippen molar-refractivity contribution in [2.24, 2.45) is 0 Å². The van der Waals surface area contributed by atoms with Gasteiger partial charge in [-0.05, 0) is 36.5 Å². The molecular weight excluding hydrogens is 229 g/mol. The molecule has 0 atom stereocenters. The van der Waals surface area contributed by atoms with Gasteiger partial charge >= 0.3 is 6.18 Å². The van der Waals surface area contributed by atoms with E-state index in [2.05, 4.69) is 0 Å². The van der Waals surface area contributed by atoms with E-state index in [1.54, 1.807) is 18.2 Å². The molecule has 0 saturated heterocycles. The Morgan fingerprint density at radius 1 is 0.824 bits per heavy atom. The van der Waals surface area contributed by atoms with Crippen LogP contribution in [0.5, 0.6) is 0 Å². The molecule has 0 aliphatic heterocycles. The SMILES string of the molecule is OC1=CC=C(C2=CC=C(C(F)(F)F)CC2)CC1. The van der Waals surface area contributed by atoms with E-state index >= 15 is 0 Å². The second-order valence-corrected chi connectivity index (χ2v) is 4.23. The van der Waals surface area contributed by atoms with Gasteiger partial charge in [0, 0.05) is 12.0 Å². The lowest BCUT2D eigenvalue weighted by molar-refractivity contribution is -0.0941. The molecule has 92 valence electrons. The van der Waals surface area contributed by atoms with Crippen LogP contribution in [0.3, 0.4) is 0 Å². The summed E-state index contributed by atoms with van der Waals surface area (Å²) < 4.78 is 37.2. The number of aliphatic hydroxyl groups is 1. The van der Waals surface area contributed by atoms with Crippen molar-refractivity contribution in [1.82, 2.24) is 0 Å². The summed E-state index contributed by atoms with van der Waals surface area (Å²) in [6, 6.07) is 0. The van der Waals surface area contributed by atoms with Crippen LogP contribution >= 0.6 is 0 Å². The molecule has 0 heterocycles. The third-order valence-electron chi connectivity index (χ3n) is 3.05. The van der Waals surface area contributed by atoms with Gasteiger partial charge in [0.05, 0.1) is 5.76 Å². The molecule has 0 aromatic carbocycles. The van der Waals surface area contributed by atoms with Crippen LogP contribution in [-0.2, 0) is 0 Å².